The molecule has 0 atom stereocenters. The Kier molecular flexibility index (Phi) is 6.15. The van der Waals surface area contributed by atoms with Gasteiger partial charge in [-0.25, -0.2) is 9.36 Å². The number of para-hydroxylation sites is 2. The average molecular weight is 477 g/mol. The quantitative estimate of drug-likeness (QED) is 0.369. The van der Waals surface area contributed by atoms with Crippen molar-refractivity contribution in [3.63, 3.8) is 0 Å². The lowest BCUT2D eigenvalue weighted by molar-refractivity contribution is -0.111. The molecule has 8 nitrogen and oxygen atoms in total. The highest BCUT2D eigenvalue weighted by Crippen LogP contribution is 2.24. The zero-order valence-electron chi connectivity index (χ0n) is 19.9. The van der Waals surface area contributed by atoms with Crippen molar-refractivity contribution in [3.8, 4) is 22.6 Å². The van der Waals surface area contributed by atoms with E-state index in [9.17, 15) is 9.59 Å². The van der Waals surface area contributed by atoms with Gasteiger partial charge in [0.15, 0.2) is 0 Å². The molecule has 0 aliphatic heterocycles. The second-order valence-electron chi connectivity index (χ2n) is 8.21. The fourth-order valence-electron chi connectivity index (χ4n) is 3.99. The number of aromatic nitrogens is 5. The summed E-state index contributed by atoms with van der Waals surface area (Å²) in [5.41, 5.74) is 4.48. The smallest absolute Gasteiger partial charge is 0.295 e. The number of nitrogens with one attached hydrogen (secondary N) is 1. The Morgan fingerprint density at radius 1 is 0.944 bits per heavy atom. The van der Waals surface area contributed by atoms with E-state index in [0.717, 1.165) is 22.5 Å². The number of hydrogen-bond donors (Lipinski definition) is 1. The monoisotopic (exact) mass is 476 g/mol. The van der Waals surface area contributed by atoms with Crippen LogP contribution in [0.1, 0.15) is 11.3 Å². The largest absolute Gasteiger partial charge is 0.316 e. The van der Waals surface area contributed by atoms with E-state index >= 15 is 0 Å². The summed E-state index contributed by atoms with van der Waals surface area (Å²) in [5, 5.41) is 7.48. The number of nitrogens with zero attached hydrogens (tertiary/aromatic N) is 5. The highest BCUT2D eigenvalue weighted by molar-refractivity contribution is 6.02. The van der Waals surface area contributed by atoms with Crippen molar-refractivity contribution in [1.82, 2.24) is 24.1 Å². The number of hydrogen-bond acceptors (Lipinski definition) is 4. The molecule has 36 heavy (non-hydrogen) atoms. The van der Waals surface area contributed by atoms with Crippen molar-refractivity contribution in [1.29, 1.82) is 0 Å². The fraction of sp³-hybridized carbons (Fsp3) is 0.0714. The van der Waals surface area contributed by atoms with Gasteiger partial charge in [0.25, 0.3) is 5.56 Å². The third-order valence-electron chi connectivity index (χ3n) is 5.91. The first kappa shape index (κ1) is 22.8. The summed E-state index contributed by atoms with van der Waals surface area (Å²) in [6, 6.07) is 22.8. The van der Waals surface area contributed by atoms with Crippen molar-refractivity contribution >= 4 is 17.7 Å². The van der Waals surface area contributed by atoms with Gasteiger partial charge in [0, 0.05) is 42.8 Å². The van der Waals surface area contributed by atoms with E-state index < -0.39 is 5.91 Å². The Balaban J connectivity index is 1.45. The Morgan fingerprint density at radius 3 is 2.31 bits per heavy atom. The van der Waals surface area contributed by atoms with Gasteiger partial charge >= 0.3 is 0 Å². The summed E-state index contributed by atoms with van der Waals surface area (Å²) in [5.74, 6) is -0.411. The van der Waals surface area contributed by atoms with Crippen LogP contribution >= 0.6 is 0 Å². The molecule has 3 aromatic heterocycles. The maximum Gasteiger partial charge on any atom is 0.295 e. The molecule has 0 aliphatic rings. The minimum Gasteiger partial charge on any atom is -0.316 e. The molecule has 3 heterocycles. The molecule has 1 amide bonds. The molecule has 0 fully saturated rings. The molecular formula is C28H24N6O2. The lowest BCUT2D eigenvalue weighted by Gasteiger charge is -2.07. The fourth-order valence-corrected chi connectivity index (χ4v) is 3.99. The van der Waals surface area contributed by atoms with Crippen LogP contribution in [0.5, 0.6) is 0 Å². The van der Waals surface area contributed by atoms with Crippen LogP contribution in [-0.4, -0.2) is 30.0 Å². The number of anilines is 1. The molecule has 5 rings (SSSR count). The second-order valence-corrected chi connectivity index (χ2v) is 8.21. The van der Waals surface area contributed by atoms with E-state index in [1.165, 1.54) is 10.8 Å². The summed E-state index contributed by atoms with van der Waals surface area (Å²) < 4.78 is 5.01. The molecule has 0 unspecified atom stereocenters. The number of benzene rings is 2. The van der Waals surface area contributed by atoms with E-state index in [-0.39, 0.29) is 11.2 Å². The first-order chi connectivity index (χ1) is 17.5. The molecular weight excluding hydrogens is 452 g/mol. The molecule has 8 heteroatoms. The predicted molar refractivity (Wildman–Crippen MR) is 140 cm³/mol. The van der Waals surface area contributed by atoms with Gasteiger partial charge in [0.05, 0.1) is 17.1 Å². The standard InChI is InChI=1S/C28H24N6O2/c1-20-26(28(36)34(32(20)2)24-13-7-4-8-14-24)30-25(35)16-15-22-19-33(23-11-5-3-6-12-23)31-27(22)21-10-9-17-29-18-21/h3-19H,1-2H3,(H,30,35)/b16-15+. The van der Waals surface area contributed by atoms with Gasteiger partial charge in [-0.2, -0.15) is 5.10 Å². The van der Waals surface area contributed by atoms with Gasteiger partial charge < -0.3 is 5.32 Å². The Hall–Kier alpha value is -4.98. The highest BCUT2D eigenvalue weighted by atomic mass is 16.2. The van der Waals surface area contributed by atoms with Crippen LogP contribution in [0.3, 0.4) is 0 Å². The van der Waals surface area contributed by atoms with Gasteiger partial charge in [0.2, 0.25) is 5.91 Å². The summed E-state index contributed by atoms with van der Waals surface area (Å²) in [4.78, 5) is 30.2. The first-order valence-corrected chi connectivity index (χ1v) is 11.4. The van der Waals surface area contributed by atoms with E-state index in [4.69, 9.17) is 5.10 Å². The lowest BCUT2D eigenvalue weighted by atomic mass is 10.1. The predicted octanol–water partition coefficient (Wildman–Crippen LogP) is 4.38. The minimum atomic E-state index is -0.411. The van der Waals surface area contributed by atoms with Crippen LogP contribution in [-0.2, 0) is 11.8 Å². The molecule has 0 spiro atoms. The molecule has 0 saturated carbocycles. The van der Waals surface area contributed by atoms with Crippen molar-refractivity contribution in [3.05, 3.63) is 119 Å². The van der Waals surface area contributed by atoms with Crippen LogP contribution in [0.2, 0.25) is 0 Å². The van der Waals surface area contributed by atoms with Crippen molar-refractivity contribution in [2.24, 2.45) is 7.05 Å². The summed E-state index contributed by atoms with van der Waals surface area (Å²) >= 11 is 0. The van der Waals surface area contributed by atoms with Gasteiger partial charge in [-0.1, -0.05) is 36.4 Å². The summed E-state index contributed by atoms with van der Waals surface area (Å²) in [6.45, 7) is 1.80. The van der Waals surface area contributed by atoms with E-state index in [1.807, 2.05) is 79.0 Å². The molecule has 1 N–H and O–H groups in total. The maximum atomic E-state index is 13.1. The highest BCUT2D eigenvalue weighted by Gasteiger charge is 2.17. The minimum absolute atomic E-state index is 0.239. The maximum absolute atomic E-state index is 13.1. The average Bonchev–Trinajstić information content (AvgIpc) is 3.44. The SMILES string of the molecule is Cc1c(NC(=O)/C=C/c2cn(-c3ccccc3)nc2-c2cccnc2)c(=O)n(-c2ccccc2)n1C. The van der Waals surface area contributed by atoms with E-state index in [1.54, 1.807) is 41.8 Å². The number of carbonyl (C=O) groups excluding carboxylic acids is 1. The number of rotatable bonds is 6. The number of pyridine rings is 1. The third kappa shape index (κ3) is 4.39. The van der Waals surface area contributed by atoms with Crippen LogP contribution in [0, 0.1) is 6.92 Å². The Labute approximate surface area is 207 Å². The Morgan fingerprint density at radius 2 is 1.64 bits per heavy atom. The van der Waals surface area contributed by atoms with Crippen LogP contribution in [0.15, 0.2) is 102 Å². The lowest BCUT2D eigenvalue weighted by Crippen LogP contribution is -2.22. The number of carbonyl (C=O) groups is 1. The molecule has 0 radical (unpaired) electrons. The van der Waals surface area contributed by atoms with Crippen LogP contribution in [0.25, 0.3) is 28.7 Å². The first-order valence-electron chi connectivity index (χ1n) is 11.4. The normalized spacial score (nSPS) is 11.2. The van der Waals surface area contributed by atoms with Crippen molar-refractivity contribution in [2.75, 3.05) is 5.32 Å². The van der Waals surface area contributed by atoms with Gasteiger partial charge in [0.1, 0.15) is 11.4 Å². The Bertz CT molecular complexity index is 1600. The molecule has 0 aliphatic carbocycles. The van der Waals surface area contributed by atoms with Crippen LogP contribution < -0.4 is 10.9 Å². The zero-order chi connectivity index (χ0) is 25.1. The molecule has 5 aromatic rings. The third-order valence-corrected chi connectivity index (χ3v) is 5.91. The van der Waals surface area contributed by atoms with Crippen LogP contribution in [0.4, 0.5) is 5.69 Å². The van der Waals surface area contributed by atoms with Gasteiger partial charge in [-0.3, -0.25) is 19.3 Å². The molecule has 2 aromatic carbocycles. The zero-order valence-corrected chi connectivity index (χ0v) is 19.9. The van der Waals surface area contributed by atoms with Crippen molar-refractivity contribution in [2.45, 2.75) is 6.92 Å². The summed E-state index contributed by atoms with van der Waals surface area (Å²) in [7, 11) is 1.79. The van der Waals surface area contributed by atoms with Gasteiger partial charge in [-0.05, 0) is 49.4 Å². The van der Waals surface area contributed by atoms with Gasteiger partial charge in [-0.15, -0.1) is 0 Å². The topological polar surface area (TPSA) is 86.7 Å². The summed E-state index contributed by atoms with van der Waals surface area (Å²) in [6.07, 6.45) is 8.39. The van der Waals surface area contributed by atoms with E-state index in [2.05, 4.69) is 10.3 Å². The number of amides is 1. The molecule has 0 saturated heterocycles. The molecule has 178 valence electrons. The molecule has 0 bridgehead atoms. The second kappa shape index (κ2) is 9.71. The van der Waals surface area contributed by atoms with Crippen molar-refractivity contribution < 1.29 is 4.79 Å². The van der Waals surface area contributed by atoms with E-state index in [0.29, 0.717) is 11.4 Å².